The first kappa shape index (κ1) is 15.4. The van der Waals surface area contributed by atoms with Crippen molar-refractivity contribution in [3.05, 3.63) is 29.8 Å². The molecule has 0 radical (unpaired) electrons. The molecule has 17 heavy (non-hydrogen) atoms. The third-order valence-corrected chi connectivity index (χ3v) is 1.94. The molecule has 0 spiro atoms. The van der Waals surface area contributed by atoms with Gasteiger partial charge in [0, 0.05) is 5.56 Å². The third-order valence-electron chi connectivity index (χ3n) is 1.94. The number of methoxy groups -OCH3 is 1. The molecule has 0 bridgehead atoms. The highest BCUT2D eigenvalue weighted by molar-refractivity contribution is 5.89. The van der Waals surface area contributed by atoms with E-state index in [4.69, 9.17) is 9.84 Å². The van der Waals surface area contributed by atoms with Gasteiger partial charge in [0.2, 0.25) is 0 Å². The Morgan fingerprint density at radius 2 is 2.00 bits per heavy atom. The minimum absolute atomic E-state index is 0.0787. The molecule has 0 saturated carbocycles. The van der Waals surface area contributed by atoms with E-state index in [-0.39, 0.29) is 5.56 Å². The van der Waals surface area contributed by atoms with Crippen molar-refractivity contribution in [1.82, 2.24) is 0 Å². The molecule has 5 nitrogen and oxygen atoms in total. The van der Waals surface area contributed by atoms with Crippen molar-refractivity contribution in [3.63, 3.8) is 0 Å². The first-order chi connectivity index (χ1) is 8.02. The van der Waals surface area contributed by atoms with Gasteiger partial charge in [0.15, 0.2) is 0 Å². The minimum Gasteiger partial charge on any atom is -0.545 e. The molecule has 0 heterocycles. The van der Waals surface area contributed by atoms with Crippen LogP contribution in [0.4, 0.5) is 0 Å². The summed E-state index contributed by atoms with van der Waals surface area (Å²) in [5.74, 6) is -0.894. The molecule has 0 aliphatic rings. The van der Waals surface area contributed by atoms with Crippen LogP contribution in [0.15, 0.2) is 24.3 Å². The van der Waals surface area contributed by atoms with Gasteiger partial charge < -0.3 is 24.6 Å². The molecule has 0 atom stereocenters. The lowest BCUT2D eigenvalue weighted by Gasteiger charge is -2.07. The Hall–Kier alpha value is -1.59. The van der Waals surface area contributed by atoms with Gasteiger partial charge in [-0.25, -0.2) is 0 Å². The third kappa shape index (κ3) is 6.55. The summed E-state index contributed by atoms with van der Waals surface area (Å²) >= 11 is 0. The number of hydrogen-bond acceptors (Lipinski definition) is 4. The maximum atomic E-state index is 10.4. The monoisotopic (exact) mass is 241 g/mol. The molecule has 0 aliphatic heterocycles. The summed E-state index contributed by atoms with van der Waals surface area (Å²) in [5, 5.41) is 18.6. The molecule has 5 heteroatoms. The van der Waals surface area contributed by atoms with Gasteiger partial charge >= 0.3 is 0 Å². The van der Waals surface area contributed by atoms with Gasteiger partial charge in [-0.05, 0) is 12.1 Å². The number of likely N-dealkylation sites (N-methyl/N-ethyl adjacent to an activating group) is 1. The summed E-state index contributed by atoms with van der Waals surface area (Å²) in [6.45, 7) is 1.14. The van der Waals surface area contributed by atoms with E-state index in [1.54, 1.807) is 18.2 Å². The lowest BCUT2D eigenvalue weighted by atomic mass is 10.2. The fraction of sp³-hybridized carbons (Fsp3) is 0.417. The highest BCUT2D eigenvalue weighted by Crippen LogP contribution is 2.15. The first-order valence-electron chi connectivity index (χ1n) is 5.27. The number of aromatic carboxylic acids is 1. The molecule has 0 amide bonds. The van der Waals surface area contributed by atoms with Crippen LogP contribution in [-0.2, 0) is 0 Å². The van der Waals surface area contributed by atoms with Gasteiger partial charge in [-0.1, -0.05) is 12.1 Å². The predicted molar refractivity (Wildman–Crippen MR) is 62.1 cm³/mol. The van der Waals surface area contributed by atoms with Crippen molar-refractivity contribution in [2.24, 2.45) is 0 Å². The number of carboxylic acids is 1. The molecule has 1 aromatic rings. The zero-order valence-corrected chi connectivity index (χ0v) is 10.4. The van der Waals surface area contributed by atoms with E-state index in [1.165, 1.54) is 18.1 Å². The summed E-state index contributed by atoms with van der Waals surface area (Å²) < 4.78 is 4.79. The number of carbonyl (C=O) groups is 1. The van der Waals surface area contributed by atoms with Crippen LogP contribution in [0.5, 0.6) is 5.75 Å². The second-order valence-electron chi connectivity index (χ2n) is 3.67. The SMILES string of the molecule is COc1ccccc1C(=O)[O-].C[NH+](C)CCO. The van der Waals surface area contributed by atoms with Crippen molar-refractivity contribution in [2.45, 2.75) is 0 Å². The van der Waals surface area contributed by atoms with Crippen molar-refractivity contribution >= 4 is 5.97 Å². The van der Waals surface area contributed by atoms with E-state index in [9.17, 15) is 9.90 Å². The summed E-state index contributed by atoms with van der Waals surface area (Å²) in [7, 11) is 5.44. The normalized spacial score (nSPS) is 9.47. The Morgan fingerprint density at radius 1 is 1.41 bits per heavy atom. The fourth-order valence-corrected chi connectivity index (χ4v) is 1.04. The standard InChI is InChI=1S/C8H8O3.C4H11NO/c1-11-7-5-3-2-4-6(7)8(9)10;1-5(2)3-4-6/h2-5H,1H3,(H,9,10);6H,3-4H2,1-2H3. The van der Waals surface area contributed by atoms with Crippen molar-refractivity contribution in [1.29, 1.82) is 0 Å². The molecule has 0 saturated heterocycles. The minimum atomic E-state index is -1.22. The van der Waals surface area contributed by atoms with Crippen LogP contribution in [0.2, 0.25) is 0 Å². The van der Waals surface area contributed by atoms with Gasteiger partial charge in [0.05, 0.1) is 33.8 Å². The summed E-state index contributed by atoms with van der Waals surface area (Å²) in [4.78, 5) is 11.7. The molecular formula is C12H19NO4. The quantitative estimate of drug-likeness (QED) is 0.651. The Balaban J connectivity index is 0.000000366. The number of nitrogens with one attached hydrogen (secondary N) is 1. The van der Waals surface area contributed by atoms with E-state index >= 15 is 0 Å². The number of aliphatic hydroxyl groups excluding tert-OH is 1. The average molecular weight is 241 g/mol. The molecular weight excluding hydrogens is 222 g/mol. The van der Waals surface area contributed by atoms with Crippen LogP contribution in [0.1, 0.15) is 10.4 Å². The van der Waals surface area contributed by atoms with E-state index in [2.05, 4.69) is 0 Å². The maximum absolute atomic E-state index is 10.4. The van der Waals surface area contributed by atoms with Gasteiger partial charge in [-0.3, -0.25) is 0 Å². The van der Waals surface area contributed by atoms with E-state index in [1.807, 2.05) is 14.1 Å². The van der Waals surface area contributed by atoms with Gasteiger partial charge in [-0.15, -0.1) is 0 Å². The molecule has 0 aliphatic carbocycles. The number of carboxylic acid groups (broad SMARTS) is 1. The summed E-state index contributed by atoms with van der Waals surface area (Å²) in [6.07, 6.45) is 0. The predicted octanol–water partition coefficient (Wildman–Crippen LogP) is -1.82. The number of para-hydroxylation sites is 1. The zero-order chi connectivity index (χ0) is 13.3. The molecule has 1 aromatic carbocycles. The van der Waals surface area contributed by atoms with Crippen LogP contribution < -0.4 is 14.7 Å². The highest BCUT2D eigenvalue weighted by Gasteiger charge is 1.99. The Bertz CT molecular complexity index is 339. The van der Waals surface area contributed by atoms with Crippen molar-refractivity contribution < 1.29 is 24.6 Å². The van der Waals surface area contributed by atoms with Gasteiger partial charge in [0.25, 0.3) is 0 Å². The van der Waals surface area contributed by atoms with Gasteiger partial charge in [-0.2, -0.15) is 0 Å². The zero-order valence-electron chi connectivity index (χ0n) is 10.4. The Kier molecular flexibility index (Phi) is 7.75. The molecule has 0 aromatic heterocycles. The lowest BCUT2D eigenvalue weighted by molar-refractivity contribution is -0.858. The largest absolute Gasteiger partial charge is 0.545 e. The molecule has 2 N–H and O–H groups in total. The smallest absolute Gasteiger partial charge is 0.127 e. The molecule has 96 valence electrons. The second-order valence-corrected chi connectivity index (χ2v) is 3.67. The molecule has 0 unspecified atom stereocenters. The van der Waals surface area contributed by atoms with E-state index in [0.717, 1.165) is 6.54 Å². The van der Waals surface area contributed by atoms with Gasteiger partial charge in [0.1, 0.15) is 12.3 Å². The molecule has 0 fully saturated rings. The van der Waals surface area contributed by atoms with Crippen molar-refractivity contribution in [3.8, 4) is 5.75 Å². The second kappa shape index (κ2) is 8.55. The topological polar surface area (TPSA) is 74.0 Å². The Morgan fingerprint density at radius 3 is 2.29 bits per heavy atom. The average Bonchev–Trinajstić information content (AvgIpc) is 2.29. The Labute approximate surface area is 101 Å². The number of quaternary nitrogens is 1. The number of ether oxygens (including phenoxy) is 1. The molecule has 1 rings (SSSR count). The number of benzene rings is 1. The van der Waals surface area contributed by atoms with Crippen molar-refractivity contribution in [2.75, 3.05) is 34.4 Å². The first-order valence-corrected chi connectivity index (χ1v) is 5.27. The summed E-state index contributed by atoms with van der Waals surface area (Å²) in [5.41, 5.74) is 0.0787. The number of hydrogen-bond donors (Lipinski definition) is 2. The fourth-order valence-electron chi connectivity index (χ4n) is 1.04. The van der Waals surface area contributed by atoms with Crippen LogP contribution in [0, 0.1) is 0 Å². The number of aliphatic hydroxyl groups is 1. The van der Waals surface area contributed by atoms with E-state index < -0.39 is 5.97 Å². The van der Waals surface area contributed by atoms with Crippen LogP contribution in [-0.4, -0.2) is 45.4 Å². The van der Waals surface area contributed by atoms with Crippen LogP contribution in [0.25, 0.3) is 0 Å². The lowest BCUT2D eigenvalue weighted by Crippen LogP contribution is -3.06. The highest BCUT2D eigenvalue weighted by atomic mass is 16.5. The summed E-state index contributed by atoms with van der Waals surface area (Å²) in [6, 6.07) is 6.33. The van der Waals surface area contributed by atoms with Crippen LogP contribution in [0.3, 0.4) is 0 Å². The number of carbonyl (C=O) groups excluding carboxylic acids is 1. The van der Waals surface area contributed by atoms with Crippen LogP contribution >= 0.6 is 0 Å². The maximum Gasteiger partial charge on any atom is 0.127 e. The van der Waals surface area contributed by atoms with E-state index in [0.29, 0.717) is 12.4 Å². The number of rotatable bonds is 4.